The van der Waals surface area contributed by atoms with Gasteiger partial charge in [0.1, 0.15) is 23.3 Å². The van der Waals surface area contributed by atoms with Crippen molar-refractivity contribution < 1.29 is 17.6 Å². The molecule has 0 spiro atoms. The van der Waals surface area contributed by atoms with Crippen molar-refractivity contribution in [2.24, 2.45) is 0 Å². The summed E-state index contributed by atoms with van der Waals surface area (Å²) < 4.78 is 55.4. The number of halogens is 5. The van der Waals surface area contributed by atoms with Crippen molar-refractivity contribution in [1.29, 1.82) is 0 Å². The summed E-state index contributed by atoms with van der Waals surface area (Å²) >= 11 is 2.97. The van der Waals surface area contributed by atoms with Crippen LogP contribution in [0.2, 0.25) is 0 Å². The maximum absolute atomic E-state index is 14.1. The van der Waals surface area contributed by atoms with Gasteiger partial charge in [0.25, 0.3) is 0 Å². The molecular weight excluding hydrogens is 350 g/mol. The van der Waals surface area contributed by atoms with Gasteiger partial charge in [-0.1, -0.05) is 6.07 Å². The zero-order valence-electron chi connectivity index (χ0n) is 11.1. The third-order valence-corrected chi connectivity index (χ3v) is 3.86. The Labute approximate surface area is 128 Å². The monoisotopic (exact) mass is 361 g/mol. The smallest absolute Gasteiger partial charge is 0.145 e. The molecule has 0 heterocycles. The standard InChI is InChI=1S/C15H12BrF4N/c1-21-13(7-8-10(17)3-2-4-11(8)18)14-12(19)6-5-9(16)15(14)20/h2-6,13,21H,7H2,1H3. The van der Waals surface area contributed by atoms with Crippen LogP contribution in [-0.2, 0) is 6.42 Å². The Bertz CT molecular complexity index is 640. The van der Waals surface area contributed by atoms with Gasteiger partial charge in [-0.3, -0.25) is 0 Å². The van der Waals surface area contributed by atoms with E-state index in [0.29, 0.717) is 0 Å². The zero-order valence-corrected chi connectivity index (χ0v) is 12.6. The lowest BCUT2D eigenvalue weighted by molar-refractivity contribution is 0.468. The van der Waals surface area contributed by atoms with E-state index in [1.54, 1.807) is 0 Å². The van der Waals surface area contributed by atoms with Gasteiger partial charge in [-0.2, -0.15) is 0 Å². The first-order chi connectivity index (χ1) is 9.95. The van der Waals surface area contributed by atoms with E-state index in [9.17, 15) is 17.6 Å². The molecule has 0 saturated heterocycles. The molecule has 0 aromatic heterocycles. The Balaban J connectivity index is 2.44. The lowest BCUT2D eigenvalue weighted by atomic mass is 9.97. The summed E-state index contributed by atoms with van der Waals surface area (Å²) in [6.07, 6.45) is -0.209. The van der Waals surface area contributed by atoms with Gasteiger partial charge in [-0.15, -0.1) is 0 Å². The van der Waals surface area contributed by atoms with Gasteiger partial charge in [-0.05, 0) is 53.7 Å². The van der Waals surface area contributed by atoms with Crippen molar-refractivity contribution in [3.8, 4) is 0 Å². The van der Waals surface area contributed by atoms with Crippen LogP contribution in [0.5, 0.6) is 0 Å². The highest BCUT2D eigenvalue weighted by Crippen LogP contribution is 2.29. The molecule has 0 aliphatic rings. The highest BCUT2D eigenvalue weighted by molar-refractivity contribution is 9.10. The molecule has 0 amide bonds. The van der Waals surface area contributed by atoms with Crippen molar-refractivity contribution >= 4 is 15.9 Å². The Morgan fingerprint density at radius 3 is 2.19 bits per heavy atom. The molecule has 2 rings (SSSR count). The average Bonchev–Trinajstić information content (AvgIpc) is 2.45. The van der Waals surface area contributed by atoms with Gasteiger partial charge in [-0.25, -0.2) is 17.6 Å². The second-order valence-electron chi connectivity index (χ2n) is 4.50. The summed E-state index contributed by atoms with van der Waals surface area (Å²) in [5.74, 6) is -3.05. The quantitative estimate of drug-likeness (QED) is 0.624. The molecule has 2 aromatic rings. The Hall–Kier alpha value is -1.40. The molecule has 1 unspecified atom stereocenters. The van der Waals surface area contributed by atoms with Gasteiger partial charge in [0, 0.05) is 17.2 Å². The summed E-state index contributed by atoms with van der Waals surface area (Å²) in [5.41, 5.74) is -0.467. The highest BCUT2D eigenvalue weighted by atomic mass is 79.9. The fourth-order valence-corrected chi connectivity index (χ4v) is 2.49. The highest BCUT2D eigenvalue weighted by Gasteiger charge is 2.23. The molecular formula is C15H12BrF4N. The number of nitrogens with one attached hydrogen (secondary N) is 1. The van der Waals surface area contributed by atoms with E-state index >= 15 is 0 Å². The largest absolute Gasteiger partial charge is 0.313 e. The molecule has 21 heavy (non-hydrogen) atoms. The Morgan fingerprint density at radius 2 is 1.62 bits per heavy atom. The fraction of sp³-hybridized carbons (Fsp3) is 0.200. The second kappa shape index (κ2) is 6.58. The molecule has 112 valence electrons. The van der Waals surface area contributed by atoms with E-state index in [1.807, 2.05) is 0 Å². The number of rotatable bonds is 4. The molecule has 0 saturated carbocycles. The van der Waals surface area contributed by atoms with Gasteiger partial charge in [0.15, 0.2) is 0 Å². The Morgan fingerprint density at radius 1 is 1.00 bits per heavy atom. The maximum Gasteiger partial charge on any atom is 0.145 e. The average molecular weight is 362 g/mol. The van der Waals surface area contributed by atoms with Crippen LogP contribution in [0.25, 0.3) is 0 Å². The van der Waals surface area contributed by atoms with Gasteiger partial charge in [0.2, 0.25) is 0 Å². The minimum atomic E-state index is -0.895. The van der Waals surface area contributed by atoms with E-state index in [2.05, 4.69) is 21.2 Å². The minimum Gasteiger partial charge on any atom is -0.313 e. The molecule has 1 nitrogen and oxygen atoms in total. The predicted molar refractivity (Wildman–Crippen MR) is 75.9 cm³/mol. The van der Waals surface area contributed by atoms with Crippen molar-refractivity contribution in [3.05, 3.63) is 69.2 Å². The van der Waals surface area contributed by atoms with E-state index < -0.39 is 29.3 Å². The number of hydrogen-bond donors (Lipinski definition) is 1. The van der Waals surface area contributed by atoms with Crippen molar-refractivity contribution in [1.82, 2.24) is 5.32 Å². The zero-order chi connectivity index (χ0) is 15.6. The maximum atomic E-state index is 14.1. The van der Waals surface area contributed by atoms with Crippen LogP contribution in [0.4, 0.5) is 17.6 Å². The van der Waals surface area contributed by atoms with Crippen molar-refractivity contribution in [3.63, 3.8) is 0 Å². The summed E-state index contributed by atoms with van der Waals surface area (Å²) in [6, 6.07) is 4.91. The van der Waals surface area contributed by atoms with Crippen molar-refractivity contribution in [2.75, 3.05) is 7.05 Å². The molecule has 0 bridgehead atoms. The first-order valence-electron chi connectivity index (χ1n) is 6.19. The molecule has 0 aliphatic carbocycles. The van der Waals surface area contributed by atoms with Crippen LogP contribution in [0.15, 0.2) is 34.8 Å². The van der Waals surface area contributed by atoms with E-state index in [1.165, 1.54) is 19.2 Å². The van der Waals surface area contributed by atoms with Crippen LogP contribution in [0.3, 0.4) is 0 Å². The third kappa shape index (κ3) is 3.27. The van der Waals surface area contributed by atoms with Crippen LogP contribution in [-0.4, -0.2) is 7.05 Å². The molecule has 0 aliphatic heterocycles. The number of likely N-dealkylation sites (N-methyl/N-ethyl adjacent to an activating group) is 1. The molecule has 6 heteroatoms. The number of hydrogen-bond acceptors (Lipinski definition) is 1. The summed E-state index contributed by atoms with van der Waals surface area (Å²) in [4.78, 5) is 0. The Kier molecular flexibility index (Phi) is 5.00. The van der Waals surface area contributed by atoms with Crippen LogP contribution in [0.1, 0.15) is 17.2 Å². The number of benzene rings is 2. The lowest BCUT2D eigenvalue weighted by Gasteiger charge is -2.19. The van der Waals surface area contributed by atoms with Crippen LogP contribution < -0.4 is 5.32 Å². The SMILES string of the molecule is CNC(Cc1c(F)cccc1F)c1c(F)ccc(Br)c1F. The molecule has 0 radical (unpaired) electrons. The lowest BCUT2D eigenvalue weighted by Crippen LogP contribution is -2.22. The summed E-state index contributed by atoms with van der Waals surface area (Å²) in [5, 5.41) is 2.70. The topological polar surface area (TPSA) is 12.0 Å². The molecule has 2 aromatic carbocycles. The van der Waals surface area contributed by atoms with Crippen LogP contribution in [0, 0.1) is 23.3 Å². The molecule has 1 N–H and O–H groups in total. The normalized spacial score (nSPS) is 12.5. The fourth-order valence-electron chi connectivity index (χ4n) is 2.14. The van der Waals surface area contributed by atoms with E-state index in [0.717, 1.165) is 18.2 Å². The van der Waals surface area contributed by atoms with E-state index in [4.69, 9.17) is 0 Å². The van der Waals surface area contributed by atoms with Crippen LogP contribution >= 0.6 is 15.9 Å². The molecule has 0 fully saturated rings. The first-order valence-corrected chi connectivity index (χ1v) is 6.98. The first kappa shape index (κ1) is 16.0. The molecule has 1 atom stereocenters. The summed E-state index contributed by atoms with van der Waals surface area (Å²) in [7, 11) is 1.48. The van der Waals surface area contributed by atoms with E-state index in [-0.39, 0.29) is 22.0 Å². The second-order valence-corrected chi connectivity index (χ2v) is 5.36. The summed E-state index contributed by atoms with van der Waals surface area (Å²) in [6.45, 7) is 0. The third-order valence-electron chi connectivity index (χ3n) is 3.25. The minimum absolute atomic E-state index is 0.0909. The van der Waals surface area contributed by atoms with Gasteiger partial charge in [0.05, 0.1) is 4.47 Å². The van der Waals surface area contributed by atoms with Crippen molar-refractivity contribution in [2.45, 2.75) is 12.5 Å². The van der Waals surface area contributed by atoms with Gasteiger partial charge < -0.3 is 5.32 Å². The van der Waals surface area contributed by atoms with Gasteiger partial charge >= 0.3 is 0 Å². The predicted octanol–water partition coefficient (Wildman–Crippen LogP) is 4.51.